The molecule has 3 heterocycles. The summed E-state index contributed by atoms with van der Waals surface area (Å²) in [5.41, 5.74) is 10.8. The lowest BCUT2D eigenvalue weighted by Crippen LogP contribution is -2.50. The summed E-state index contributed by atoms with van der Waals surface area (Å²) in [7, 11) is 2.35. The second-order valence-corrected chi connectivity index (χ2v) is 7.59. The number of piperidine rings is 2. The largest absolute Gasteiger partial charge is 0.345 e. The third kappa shape index (κ3) is 2.17. The van der Waals surface area contributed by atoms with E-state index in [2.05, 4.69) is 29.5 Å². The van der Waals surface area contributed by atoms with E-state index in [4.69, 9.17) is 5.73 Å². The summed E-state index contributed by atoms with van der Waals surface area (Å²) in [5.74, 6) is 0. The SMILES string of the molecule is Cc1cc2c(n1C1CC3CCCC(C1)N3C)CCCC2N. The zero-order chi connectivity index (χ0) is 14.6. The first-order chi connectivity index (χ1) is 10.1. The predicted molar refractivity (Wildman–Crippen MR) is 86.5 cm³/mol. The Morgan fingerprint density at radius 2 is 1.76 bits per heavy atom. The maximum atomic E-state index is 6.35. The first kappa shape index (κ1) is 13.8. The van der Waals surface area contributed by atoms with Crippen molar-refractivity contribution in [2.75, 3.05) is 7.05 Å². The van der Waals surface area contributed by atoms with Gasteiger partial charge in [-0.1, -0.05) is 6.42 Å². The van der Waals surface area contributed by atoms with Gasteiger partial charge in [-0.25, -0.2) is 0 Å². The molecule has 0 spiro atoms. The normalized spacial score (nSPS) is 36.5. The zero-order valence-electron chi connectivity index (χ0n) is 13.5. The second kappa shape index (κ2) is 5.13. The lowest BCUT2D eigenvalue weighted by atomic mass is 9.82. The third-order valence-electron chi connectivity index (χ3n) is 6.38. The molecule has 3 atom stereocenters. The monoisotopic (exact) mass is 287 g/mol. The van der Waals surface area contributed by atoms with Gasteiger partial charge >= 0.3 is 0 Å². The van der Waals surface area contributed by atoms with E-state index >= 15 is 0 Å². The first-order valence-corrected chi connectivity index (χ1v) is 8.83. The molecular weight excluding hydrogens is 258 g/mol. The van der Waals surface area contributed by atoms with E-state index in [1.54, 1.807) is 5.69 Å². The van der Waals surface area contributed by atoms with Crippen LogP contribution in [0.1, 0.15) is 74.0 Å². The summed E-state index contributed by atoms with van der Waals surface area (Å²) in [4.78, 5) is 2.66. The molecule has 0 radical (unpaired) electrons. The fourth-order valence-electron chi connectivity index (χ4n) is 5.27. The van der Waals surface area contributed by atoms with Gasteiger partial charge in [-0.05, 0) is 70.5 Å². The van der Waals surface area contributed by atoms with E-state index in [0.717, 1.165) is 18.5 Å². The van der Waals surface area contributed by atoms with Crippen molar-refractivity contribution >= 4 is 0 Å². The minimum atomic E-state index is 0.277. The van der Waals surface area contributed by atoms with Gasteiger partial charge in [-0.15, -0.1) is 0 Å². The molecule has 1 aromatic heterocycles. The molecule has 2 bridgehead atoms. The van der Waals surface area contributed by atoms with E-state index in [9.17, 15) is 0 Å². The van der Waals surface area contributed by atoms with Crippen LogP contribution in [0.2, 0.25) is 0 Å². The molecule has 1 aromatic rings. The summed E-state index contributed by atoms with van der Waals surface area (Å²) < 4.78 is 2.69. The number of hydrogen-bond donors (Lipinski definition) is 1. The van der Waals surface area contributed by atoms with Crippen LogP contribution >= 0.6 is 0 Å². The molecule has 21 heavy (non-hydrogen) atoms. The van der Waals surface area contributed by atoms with Gasteiger partial charge in [0, 0.05) is 35.6 Å². The van der Waals surface area contributed by atoms with Crippen LogP contribution in [-0.2, 0) is 6.42 Å². The number of nitrogens with two attached hydrogens (primary N) is 1. The van der Waals surface area contributed by atoms with Crippen molar-refractivity contribution in [2.45, 2.75) is 82.5 Å². The Kier molecular flexibility index (Phi) is 3.38. The van der Waals surface area contributed by atoms with E-state index in [-0.39, 0.29) is 6.04 Å². The molecule has 0 aromatic carbocycles. The Morgan fingerprint density at radius 3 is 2.48 bits per heavy atom. The Hall–Kier alpha value is -0.800. The van der Waals surface area contributed by atoms with Crippen molar-refractivity contribution in [3.05, 3.63) is 23.0 Å². The number of nitrogens with zero attached hydrogens (tertiary/aromatic N) is 2. The van der Waals surface area contributed by atoms with Crippen molar-refractivity contribution in [1.29, 1.82) is 0 Å². The van der Waals surface area contributed by atoms with Crippen LogP contribution in [0.25, 0.3) is 0 Å². The lowest BCUT2D eigenvalue weighted by molar-refractivity contribution is 0.0389. The van der Waals surface area contributed by atoms with Crippen LogP contribution in [0.3, 0.4) is 0 Å². The van der Waals surface area contributed by atoms with Crippen LogP contribution in [0.15, 0.2) is 6.07 Å². The highest BCUT2D eigenvalue weighted by atomic mass is 15.2. The van der Waals surface area contributed by atoms with Gasteiger partial charge in [0.2, 0.25) is 0 Å². The van der Waals surface area contributed by atoms with Crippen molar-refractivity contribution in [3.63, 3.8) is 0 Å². The molecule has 4 rings (SSSR count). The molecule has 2 aliphatic heterocycles. The molecule has 3 nitrogen and oxygen atoms in total. The molecule has 0 saturated carbocycles. The van der Waals surface area contributed by atoms with Crippen molar-refractivity contribution in [1.82, 2.24) is 9.47 Å². The minimum Gasteiger partial charge on any atom is -0.345 e. The van der Waals surface area contributed by atoms with Gasteiger partial charge in [0.1, 0.15) is 0 Å². The molecule has 116 valence electrons. The number of aryl methyl sites for hydroxylation is 1. The van der Waals surface area contributed by atoms with Gasteiger partial charge in [0.25, 0.3) is 0 Å². The van der Waals surface area contributed by atoms with E-state index in [1.165, 1.54) is 56.2 Å². The quantitative estimate of drug-likeness (QED) is 0.860. The highest BCUT2D eigenvalue weighted by Crippen LogP contribution is 2.41. The van der Waals surface area contributed by atoms with Gasteiger partial charge in [0.05, 0.1) is 0 Å². The minimum absolute atomic E-state index is 0.277. The Balaban J connectivity index is 1.68. The van der Waals surface area contributed by atoms with Crippen molar-refractivity contribution in [3.8, 4) is 0 Å². The maximum absolute atomic E-state index is 6.35. The number of fused-ring (bicyclic) bond motifs is 3. The fraction of sp³-hybridized carbons (Fsp3) is 0.778. The van der Waals surface area contributed by atoms with Crippen LogP contribution in [0.4, 0.5) is 0 Å². The second-order valence-electron chi connectivity index (χ2n) is 7.59. The fourth-order valence-corrected chi connectivity index (χ4v) is 5.27. The number of aromatic nitrogens is 1. The summed E-state index contributed by atoms with van der Waals surface area (Å²) in [6.45, 7) is 2.29. The van der Waals surface area contributed by atoms with E-state index < -0.39 is 0 Å². The number of hydrogen-bond acceptors (Lipinski definition) is 2. The summed E-state index contributed by atoms with van der Waals surface area (Å²) in [6.07, 6.45) is 10.6. The smallest absolute Gasteiger partial charge is 0.0365 e. The highest BCUT2D eigenvalue weighted by Gasteiger charge is 2.38. The van der Waals surface area contributed by atoms with Crippen LogP contribution in [0, 0.1) is 6.92 Å². The van der Waals surface area contributed by atoms with Crippen LogP contribution in [0.5, 0.6) is 0 Å². The van der Waals surface area contributed by atoms with Crippen molar-refractivity contribution in [2.24, 2.45) is 5.73 Å². The average Bonchev–Trinajstić information content (AvgIpc) is 2.77. The molecule has 2 N–H and O–H groups in total. The average molecular weight is 287 g/mol. The molecule has 3 unspecified atom stereocenters. The lowest BCUT2D eigenvalue weighted by Gasteiger charge is -2.48. The summed E-state index contributed by atoms with van der Waals surface area (Å²) >= 11 is 0. The standard InChI is InChI=1S/C18H29N3/c1-12-9-16-17(19)7-4-8-18(16)21(12)15-10-13-5-3-6-14(11-15)20(13)2/h9,13-15,17H,3-8,10-11,19H2,1-2H3. The Morgan fingerprint density at radius 1 is 1.05 bits per heavy atom. The molecule has 3 aliphatic rings. The first-order valence-electron chi connectivity index (χ1n) is 8.83. The van der Waals surface area contributed by atoms with Crippen LogP contribution in [-0.4, -0.2) is 28.6 Å². The molecule has 1 aliphatic carbocycles. The van der Waals surface area contributed by atoms with Gasteiger partial charge < -0.3 is 15.2 Å². The van der Waals surface area contributed by atoms with Gasteiger partial charge in [-0.3, -0.25) is 0 Å². The molecular formula is C18H29N3. The third-order valence-corrected chi connectivity index (χ3v) is 6.38. The van der Waals surface area contributed by atoms with E-state index in [0.29, 0.717) is 6.04 Å². The zero-order valence-corrected chi connectivity index (χ0v) is 13.5. The molecule has 0 amide bonds. The Bertz CT molecular complexity index is 519. The van der Waals surface area contributed by atoms with Crippen LogP contribution < -0.4 is 5.73 Å². The Labute approximate surface area is 128 Å². The topological polar surface area (TPSA) is 34.2 Å². The highest BCUT2D eigenvalue weighted by molar-refractivity contribution is 5.33. The molecule has 2 saturated heterocycles. The molecule has 2 fully saturated rings. The van der Waals surface area contributed by atoms with Gasteiger partial charge in [0.15, 0.2) is 0 Å². The van der Waals surface area contributed by atoms with Crippen molar-refractivity contribution < 1.29 is 0 Å². The maximum Gasteiger partial charge on any atom is 0.0365 e. The summed E-state index contributed by atoms with van der Waals surface area (Å²) in [6, 6.07) is 4.98. The number of rotatable bonds is 1. The predicted octanol–water partition coefficient (Wildman–Crippen LogP) is 3.32. The van der Waals surface area contributed by atoms with Gasteiger partial charge in [-0.2, -0.15) is 0 Å². The molecule has 3 heteroatoms. The summed E-state index contributed by atoms with van der Waals surface area (Å²) in [5, 5.41) is 0. The van der Waals surface area contributed by atoms with E-state index in [1.807, 2.05) is 0 Å².